The van der Waals surface area contributed by atoms with E-state index in [2.05, 4.69) is 12.2 Å². The summed E-state index contributed by atoms with van der Waals surface area (Å²) in [4.78, 5) is 0. The average molecular weight is 183 g/mol. The molecule has 2 aliphatic heterocycles. The lowest BCUT2D eigenvalue weighted by Crippen LogP contribution is -2.36. The Bertz CT molecular complexity index is 151. The van der Waals surface area contributed by atoms with Crippen LogP contribution < -0.4 is 5.32 Å². The second-order valence-corrected chi connectivity index (χ2v) is 4.53. The minimum Gasteiger partial charge on any atom is -0.375 e. The van der Waals surface area contributed by atoms with Gasteiger partial charge in [0, 0.05) is 6.04 Å². The van der Waals surface area contributed by atoms with Crippen molar-refractivity contribution in [2.75, 3.05) is 6.54 Å². The van der Waals surface area contributed by atoms with E-state index in [1.165, 1.54) is 45.1 Å². The van der Waals surface area contributed by atoms with Gasteiger partial charge in [0.15, 0.2) is 0 Å². The van der Waals surface area contributed by atoms with Crippen LogP contribution in [0.25, 0.3) is 0 Å². The third-order valence-electron chi connectivity index (χ3n) is 3.28. The minimum absolute atomic E-state index is 0.508. The summed E-state index contributed by atoms with van der Waals surface area (Å²) in [5, 5.41) is 3.58. The third-order valence-corrected chi connectivity index (χ3v) is 3.28. The average Bonchev–Trinajstić information content (AvgIpc) is 2.53. The van der Waals surface area contributed by atoms with E-state index in [1.54, 1.807) is 0 Å². The van der Waals surface area contributed by atoms with E-state index >= 15 is 0 Å². The Hall–Kier alpha value is -0.0800. The molecule has 2 heteroatoms. The first kappa shape index (κ1) is 9.47. The van der Waals surface area contributed by atoms with E-state index in [-0.39, 0.29) is 0 Å². The molecule has 0 aromatic rings. The van der Waals surface area contributed by atoms with Crippen LogP contribution in [0.1, 0.15) is 45.4 Å². The van der Waals surface area contributed by atoms with Crippen molar-refractivity contribution < 1.29 is 4.74 Å². The molecule has 0 aromatic carbocycles. The van der Waals surface area contributed by atoms with Crippen LogP contribution in [0.3, 0.4) is 0 Å². The highest BCUT2D eigenvalue weighted by Crippen LogP contribution is 2.24. The highest BCUT2D eigenvalue weighted by molar-refractivity contribution is 4.79. The van der Waals surface area contributed by atoms with Crippen LogP contribution in [0, 0.1) is 0 Å². The van der Waals surface area contributed by atoms with Crippen LogP contribution in [0.5, 0.6) is 0 Å². The Morgan fingerprint density at radius 3 is 2.77 bits per heavy atom. The van der Waals surface area contributed by atoms with E-state index in [9.17, 15) is 0 Å². The molecule has 0 amide bonds. The maximum atomic E-state index is 5.82. The van der Waals surface area contributed by atoms with Crippen LogP contribution in [-0.2, 0) is 4.74 Å². The van der Waals surface area contributed by atoms with Gasteiger partial charge in [-0.2, -0.15) is 0 Å². The molecular formula is C11H21NO. The molecule has 0 bridgehead atoms. The van der Waals surface area contributed by atoms with Gasteiger partial charge in [0.1, 0.15) is 0 Å². The Morgan fingerprint density at radius 1 is 1.23 bits per heavy atom. The van der Waals surface area contributed by atoms with E-state index in [1.807, 2.05) is 0 Å². The highest BCUT2D eigenvalue weighted by Gasteiger charge is 2.25. The van der Waals surface area contributed by atoms with Crippen molar-refractivity contribution in [1.29, 1.82) is 0 Å². The van der Waals surface area contributed by atoms with E-state index in [0.717, 1.165) is 6.04 Å². The zero-order valence-electron chi connectivity index (χ0n) is 8.59. The van der Waals surface area contributed by atoms with Gasteiger partial charge in [-0.3, -0.25) is 0 Å². The maximum Gasteiger partial charge on any atom is 0.0594 e. The summed E-state index contributed by atoms with van der Waals surface area (Å²) in [6.07, 6.45) is 8.95. The molecule has 1 N–H and O–H groups in total. The van der Waals surface area contributed by atoms with Gasteiger partial charge in [0.25, 0.3) is 0 Å². The van der Waals surface area contributed by atoms with Gasteiger partial charge < -0.3 is 10.1 Å². The molecule has 0 aliphatic carbocycles. The first-order chi connectivity index (χ1) is 6.34. The van der Waals surface area contributed by atoms with Gasteiger partial charge in [-0.1, -0.05) is 6.42 Å². The first-order valence-electron chi connectivity index (χ1n) is 5.73. The smallest absolute Gasteiger partial charge is 0.0594 e. The fourth-order valence-electron chi connectivity index (χ4n) is 2.50. The van der Waals surface area contributed by atoms with Gasteiger partial charge in [-0.15, -0.1) is 0 Å². The largest absolute Gasteiger partial charge is 0.375 e. The summed E-state index contributed by atoms with van der Waals surface area (Å²) in [5.74, 6) is 0. The molecule has 3 atom stereocenters. The molecule has 2 heterocycles. The normalized spacial score (nSPS) is 40.8. The van der Waals surface area contributed by atoms with Crippen molar-refractivity contribution in [3.8, 4) is 0 Å². The lowest BCUT2D eigenvalue weighted by Gasteiger charge is -2.25. The minimum atomic E-state index is 0.508. The summed E-state index contributed by atoms with van der Waals surface area (Å²) in [5.41, 5.74) is 0. The van der Waals surface area contributed by atoms with E-state index in [4.69, 9.17) is 4.74 Å². The molecule has 0 radical (unpaired) electrons. The number of piperidine rings is 1. The lowest BCUT2D eigenvalue weighted by atomic mass is 9.98. The number of ether oxygens (including phenoxy) is 1. The van der Waals surface area contributed by atoms with Crippen LogP contribution in [0.2, 0.25) is 0 Å². The number of hydrogen-bond acceptors (Lipinski definition) is 2. The number of nitrogens with one attached hydrogen (secondary N) is 1. The van der Waals surface area contributed by atoms with Crippen molar-refractivity contribution in [3.63, 3.8) is 0 Å². The number of rotatable bonds is 2. The zero-order chi connectivity index (χ0) is 9.10. The monoisotopic (exact) mass is 183 g/mol. The molecule has 2 saturated heterocycles. The molecule has 0 aromatic heterocycles. The third kappa shape index (κ3) is 2.68. The molecule has 2 rings (SSSR count). The maximum absolute atomic E-state index is 5.82. The topological polar surface area (TPSA) is 21.3 Å². The van der Waals surface area contributed by atoms with Crippen LogP contribution in [0.15, 0.2) is 0 Å². The van der Waals surface area contributed by atoms with Crippen molar-refractivity contribution in [3.05, 3.63) is 0 Å². The molecule has 13 heavy (non-hydrogen) atoms. The lowest BCUT2D eigenvalue weighted by molar-refractivity contribution is 0.0427. The Kier molecular flexibility index (Phi) is 3.23. The quantitative estimate of drug-likeness (QED) is 0.707. The van der Waals surface area contributed by atoms with Crippen molar-refractivity contribution in [2.24, 2.45) is 0 Å². The van der Waals surface area contributed by atoms with Crippen LogP contribution in [-0.4, -0.2) is 24.8 Å². The molecule has 3 unspecified atom stereocenters. The van der Waals surface area contributed by atoms with Crippen molar-refractivity contribution >= 4 is 0 Å². The highest BCUT2D eigenvalue weighted by atomic mass is 16.5. The molecule has 76 valence electrons. The Balaban J connectivity index is 1.71. The molecule has 2 nitrogen and oxygen atoms in total. The number of hydrogen-bond donors (Lipinski definition) is 1. The molecule has 2 fully saturated rings. The summed E-state index contributed by atoms with van der Waals surface area (Å²) in [6, 6.07) is 0.740. The van der Waals surface area contributed by atoms with Crippen molar-refractivity contribution in [2.45, 2.75) is 63.7 Å². The van der Waals surface area contributed by atoms with E-state index < -0.39 is 0 Å². The predicted molar refractivity (Wildman–Crippen MR) is 53.8 cm³/mol. The second-order valence-electron chi connectivity index (χ2n) is 4.53. The van der Waals surface area contributed by atoms with Gasteiger partial charge in [-0.05, 0) is 45.6 Å². The van der Waals surface area contributed by atoms with Crippen LogP contribution >= 0.6 is 0 Å². The summed E-state index contributed by atoms with van der Waals surface area (Å²) < 4.78 is 5.82. The Morgan fingerprint density at radius 2 is 2.15 bits per heavy atom. The summed E-state index contributed by atoms with van der Waals surface area (Å²) in [6.45, 7) is 3.40. The molecule has 0 saturated carbocycles. The van der Waals surface area contributed by atoms with Crippen LogP contribution in [0.4, 0.5) is 0 Å². The zero-order valence-corrected chi connectivity index (χ0v) is 8.59. The first-order valence-corrected chi connectivity index (χ1v) is 5.73. The van der Waals surface area contributed by atoms with E-state index in [0.29, 0.717) is 12.2 Å². The second kappa shape index (κ2) is 4.43. The molecule has 0 spiro atoms. The molecule has 2 aliphatic rings. The van der Waals surface area contributed by atoms with Gasteiger partial charge in [-0.25, -0.2) is 0 Å². The predicted octanol–water partition coefficient (Wildman–Crippen LogP) is 2.09. The standard InChI is InChI=1S/C11H21NO/c1-9-5-6-11(13-9)8-10-4-2-3-7-12-10/h9-12H,2-8H2,1H3. The van der Waals surface area contributed by atoms with Crippen molar-refractivity contribution in [1.82, 2.24) is 5.32 Å². The van der Waals surface area contributed by atoms with Gasteiger partial charge in [0.2, 0.25) is 0 Å². The summed E-state index contributed by atoms with van der Waals surface area (Å²) in [7, 11) is 0. The molecular weight excluding hydrogens is 162 g/mol. The fourth-order valence-corrected chi connectivity index (χ4v) is 2.50. The SMILES string of the molecule is CC1CCC(CC2CCCCN2)O1. The van der Waals surface area contributed by atoms with Gasteiger partial charge >= 0.3 is 0 Å². The Labute approximate surface area is 81.0 Å². The summed E-state index contributed by atoms with van der Waals surface area (Å²) >= 11 is 0. The van der Waals surface area contributed by atoms with Gasteiger partial charge in [0.05, 0.1) is 12.2 Å². The fraction of sp³-hybridized carbons (Fsp3) is 1.00.